The molecule has 0 bridgehead atoms. The summed E-state index contributed by atoms with van der Waals surface area (Å²) in [7, 11) is 0. The quantitative estimate of drug-likeness (QED) is 0.848. The summed E-state index contributed by atoms with van der Waals surface area (Å²) in [5, 5.41) is 10.2. The fraction of sp³-hybridized carbons (Fsp3) is 0.0909. The number of hydrogen-bond donors (Lipinski definition) is 1. The first-order valence-electron chi connectivity index (χ1n) is 4.42. The fourth-order valence-electron chi connectivity index (χ4n) is 1.50. The van der Waals surface area contributed by atoms with E-state index in [9.17, 15) is 4.79 Å². The Bertz CT molecular complexity index is 525. The minimum absolute atomic E-state index is 0.000647. The molecule has 0 saturated carbocycles. The molecule has 2 rings (SSSR count). The van der Waals surface area contributed by atoms with Gasteiger partial charge in [-0.1, -0.05) is 17.7 Å². The Hall–Kier alpha value is -1.61. The molecule has 0 atom stereocenters. The van der Waals surface area contributed by atoms with Gasteiger partial charge in [-0.25, -0.2) is 0 Å². The van der Waals surface area contributed by atoms with Crippen molar-refractivity contribution in [3.63, 3.8) is 0 Å². The molecule has 2 aromatic rings. The van der Waals surface area contributed by atoms with Crippen molar-refractivity contribution in [2.45, 2.75) is 6.42 Å². The predicted octanol–water partition coefficient (Wildman–Crippen LogP) is 2.52. The van der Waals surface area contributed by atoms with Crippen LogP contribution in [0, 0.1) is 0 Å². The van der Waals surface area contributed by atoms with Gasteiger partial charge in [-0.2, -0.15) is 0 Å². The summed E-state index contributed by atoms with van der Waals surface area (Å²) in [5.74, 6) is -0.850. The van der Waals surface area contributed by atoms with Gasteiger partial charge in [-0.15, -0.1) is 0 Å². The van der Waals surface area contributed by atoms with Crippen LogP contribution in [0.15, 0.2) is 30.5 Å². The first kappa shape index (κ1) is 9.93. The summed E-state index contributed by atoms with van der Waals surface area (Å²) in [5.41, 5.74) is 1.48. The molecule has 4 heteroatoms. The van der Waals surface area contributed by atoms with E-state index in [0.29, 0.717) is 5.02 Å². The molecule has 1 heterocycles. The molecular formula is C11H8ClNO2. The highest BCUT2D eigenvalue weighted by Gasteiger charge is 2.05. The summed E-state index contributed by atoms with van der Waals surface area (Å²) in [6.45, 7) is 0. The number of fused-ring (bicyclic) bond motifs is 1. The standard InChI is InChI=1S/C11H8ClNO2/c12-8-1-2-9-7(5-11(14)15)3-4-13-10(9)6-8/h1-4,6H,5H2,(H,14,15). The van der Waals surface area contributed by atoms with Crippen molar-refractivity contribution >= 4 is 28.5 Å². The maximum atomic E-state index is 10.6. The third-order valence-electron chi connectivity index (χ3n) is 2.14. The lowest BCUT2D eigenvalue weighted by molar-refractivity contribution is -0.136. The Balaban J connectivity index is 2.60. The van der Waals surface area contributed by atoms with E-state index in [2.05, 4.69) is 4.98 Å². The molecule has 0 spiro atoms. The van der Waals surface area contributed by atoms with E-state index in [1.165, 1.54) is 0 Å². The zero-order valence-electron chi connectivity index (χ0n) is 7.77. The first-order chi connectivity index (χ1) is 7.16. The van der Waals surface area contributed by atoms with Crippen molar-refractivity contribution in [1.29, 1.82) is 0 Å². The number of carbonyl (C=O) groups is 1. The Labute approximate surface area is 91.3 Å². The van der Waals surface area contributed by atoms with Crippen LogP contribution in [0.25, 0.3) is 10.9 Å². The highest BCUT2D eigenvalue weighted by Crippen LogP contribution is 2.20. The zero-order valence-corrected chi connectivity index (χ0v) is 8.53. The average molecular weight is 222 g/mol. The normalized spacial score (nSPS) is 10.5. The third kappa shape index (κ3) is 2.07. The molecule has 0 aliphatic rings. The molecule has 1 aromatic carbocycles. The number of halogens is 1. The highest BCUT2D eigenvalue weighted by atomic mass is 35.5. The number of rotatable bonds is 2. The largest absolute Gasteiger partial charge is 0.481 e. The van der Waals surface area contributed by atoms with Crippen LogP contribution in [0.3, 0.4) is 0 Å². The number of aliphatic carboxylic acids is 1. The number of carboxylic acid groups (broad SMARTS) is 1. The van der Waals surface area contributed by atoms with Gasteiger partial charge in [0.05, 0.1) is 11.9 Å². The second kappa shape index (κ2) is 3.87. The van der Waals surface area contributed by atoms with Crippen molar-refractivity contribution in [1.82, 2.24) is 4.98 Å². The molecular weight excluding hydrogens is 214 g/mol. The molecule has 3 nitrogen and oxygen atoms in total. The molecule has 0 unspecified atom stereocenters. The average Bonchev–Trinajstić information content (AvgIpc) is 2.16. The monoisotopic (exact) mass is 221 g/mol. The SMILES string of the molecule is O=C(O)Cc1ccnc2cc(Cl)ccc12. The summed E-state index contributed by atoms with van der Waals surface area (Å²) in [6, 6.07) is 6.96. The number of carboxylic acids is 1. The van der Waals surface area contributed by atoms with E-state index in [4.69, 9.17) is 16.7 Å². The van der Waals surface area contributed by atoms with Gasteiger partial charge in [0, 0.05) is 16.6 Å². The minimum Gasteiger partial charge on any atom is -0.481 e. The van der Waals surface area contributed by atoms with E-state index >= 15 is 0 Å². The van der Waals surface area contributed by atoms with Crippen LogP contribution in [-0.4, -0.2) is 16.1 Å². The van der Waals surface area contributed by atoms with Gasteiger partial charge in [0.25, 0.3) is 0 Å². The number of aromatic nitrogens is 1. The van der Waals surface area contributed by atoms with Gasteiger partial charge in [-0.3, -0.25) is 9.78 Å². The maximum Gasteiger partial charge on any atom is 0.307 e. The summed E-state index contributed by atoms with van der Waals surface area (Å²) < 4.78 is 0. The topological polar surface area (TPSA) is 50.2 Å². The van der Waals surface area contributed by atoms with Gasteiger partial charge in [0.2, 0.25) is 0 Å². The molecule has 0 radical (unpaired) electrons. The maximum absolute atomic E-state index is 10.6. The molecule has 76 valence electrons. The van der Waals surface area contributed by atoms with Crippen LogP contribution < -0.4 is 0 Å². The number of nitrogens with zero attached hydrogens (tertiary/aromatic N) is 1. The van der Waals surface area contributed by atoms with Crippen LogP contribution in [0.4, 0.5) is 0 Å². The van der Waals surface area contributed by atoms with Gasteiger partial charge in [0.15, 0.2) is 0 Å². The third-order valence-corrected chi connectivity index (χ3v) is 2.37. The van der Waals surface area contributed by atoms with Crippen molar-refractivity contribution < 1.29 is 9.90 Å². The van der Waals surface area contributed by atoms with E-state index in [-0.39, 0.29) is 6.42 Å². The second-order valence-electron chi connectivity index (χ2n) is 3.20. The van der Waals surface area contributed by atoms with Crippen LogP contribution in [0.2, 0.25) is 5.02 Å². The first-order valence-corrected chi connectivity index (χ1v) is 4.79. The van der Waals surface area contributed by atoms with Gasteiger partial charge in [-0.05, 0) is 23.8 Å². The molecule has 0 saturated heterocycles. The van der Waals surface area contributed by atoms with E-state index < -0.39 is 5.97 Å². The van der Waals surface area contributed by atoms with Crippen molar-refractivity contribution in [3.8, 4) is 0 Å². The molecule has 0 amide bonds. The Kier molecular flexibility index (Phi) is 2.56. The Morgan fingerprint density at radius 3 is 2.93 bits per heavy atom. The molecule has 1 N–H and O–H groups in total. The van der Waals surface area contributed by atoms with Crippen LogP contribution >= 0.6 is 11.6 Å². The van der Waals surface area contributed by atoms with Gasteiger partial charge >= 0.3 is 5.97 Å². The number of pyridine rings is 1. The molecule has 1 aromatic heterocycles. The number of benzene rings is 1. The summed E-state index contributed by atoms with van der Waals surface area (Å²) in [4.78, 5) is 14.8. The molecule has 0 fully saturated rings. The fourth-order valence-corrected chi connectivity index (χ4v) is 1.66. The second-order valence-corrected chi connectivity index (χ2v) is 3.64. The Morgan fingerprint density at radius 2 is 2.20 bits per heavy atom. The molecule has 15 heavy (non-hydrogen) atoms. The zero-order chi connectivity index (χ0) is 10.8. The van der Waals surface area contributed by atoms with Crippen molar-refractivity contribution in [3.05, 3.63) is 41.0 Å². The van der Waals surface area contributed by atoms with E-state index in [1.54, 1.807) is 30.5 Å². The van der Waals surface area contributed by atoms with E-state index in [0.717, 1.165) is 16.5 Å². The molecule has 0 aliphatic heterocycles. The van der Waals surface area contributed by atoms with Crippen molar-refractivity contribution in [2.24, 2.45) is 0 Å². The smallest absolute Gasteiger partial charge is 0.307 e. The highest BCUT2D eigenvalue weighted by molar-refractivity contribution is 6.31. The Morgan fingerprint density at radius 1 is 1.40 bits per heavy atom. The van der Waals surface area contributed by atoms with Crippen LogP contribution in [-0.2, 0) is 11.2 Å². The lowest BCUT2D eigenvalue weighted by atomic mass is 10.1. The summed E-state index contributed by atoms with van der Waals surface area (Å²) >= 11 is 5.82. The molecule has 0 aliphatic carbocycles. The minimum atomic E-state index is -0.850. The van der Waals surface area contributed by atoms with Gasteiger partial charge < -0.3 is 5.11 Å². The van der Waals surface area contributed by atoms with Crippen LogP contribution in [0.1, 0.15) is 5.56 Å². The van der Waals surface area contributed by atoms with Crippen LogP contribution in [0.5, 0.6) is 0 Å². The lowest BCUT2D eigenvalue weighted by Gasteiger charge is -2.03. The van der Waals surface area contributed by atoms with E-state index in [1.807, 2.05) is 0 Å². The van der Waals surface area contributed by atoms with Gasteiger partial charge in [0.1, 0.15) is 0 Å². The number of hydrogen-bond acceptors (Lipinski definition) is 2. The lowest BCUT2D eigenvalue weighted by Crippen LogP contribution is -2.00. The van der Waals surface area contributed by atoms with Crippen molar-refractivity contribution in [2.75, 3.05) is 0 Å². The predicted molar refractivity (Wildman–Crippen MR) is 58.1 cm³/mol. The summed E-state index contributed by atoms with van der Waals surface area (Å²) in [6.07, 6.45) is 1.59.